The van der Waals surface area contributed by atoms with Crippen LogP contribution in [0.5, 0.6) is 5.75 Å². The molecule has 1 atom stereocenters. The van der Waals surface area contributed by atoms with E-state index in [0.717, 1.165) is 16.1 Å². The highest BCUT2D eigenvalue weighted by molar-refractivity contribution is 7.98. The van der Waals surface area contributed by atoms with Crippen LogP contribution in [0.3, 0.4) is 0 Å². The average Bonchev–Trinajstić information content (AvgIpc) is 3.03. The quantitative estimate of drug-likeness (QED) is 0.102. The zero-order valence-electron chi connectivity index (χ0n) is 23.2. The average molecular weight is 581 g/mol. The van der Waals surface area contributed by atoms with E-state index in [0.29, 0.717) is 29.1 Å². The number of aliphatic carboxylic acids is 1. The van der Waals surface area contributed by atoms with Gasteiger partial charge in [-0.15, -0.1) is 11.8 Å². The van der Waals surface area contributed by atoms with Crippen molar-refractivity contribution in [2.75, 3.05) is 29.6 Å². The maximum atomic E-state index is 13.1. The number of carboxylic acids is 1. The Balaban J connectivity index is 1.38. The fourth-order valence-corrected chi connectivity index (χ4v) is 4.80. The molecule has 7 nitrogen and oxygen atoms in total. The van der Waals surface area contributed by atoms with Gasteiger partial charge in [0, 0.05) is 33.8 Å². The zero-order valence-corrected chi connectivity index (χ0v) is 24.1. The van der Waals surface area contributed by atoms with E-state index >= 15 is 0 Å². The summed E-state index contributed by atoms with van der Waals surface area (Å²) in [6.45, 7) is 4.20. The maximum absolute atomic E-state index is 13.1. The number of benzene rings is 4. The molecule has 4 rings (SSSR count). The third kappa shape index (κ3) is 7.89. The van der Waals surface area contributed by atoms with Gasteiger partial charge < -0.3 is 20.1 Å². The van der Waals surface area contributed by atoms with Crippen molar-refractivity contribution in [1.82, 2.24) is 0 Å². The van der Waals surface area contributed by atoms with Crippen LogP contribution in [0.1, 0.15) is 21.5 Å². The van der Waals surface area contributed by atoms with Crippen LogP contribution < -0.4 is 15.0 Å². The van der Waals surface area contributed by atoms with Crippen LogP contribution in [0.4, 0.5) is 11.4 Å². The Kier molecular flexibility index (Phi) is 10.6. The van der Waals surface area contributed by atoms with E-state index in [-0.39, 0.29) is 24.7 Å². The number of ketones is 1. The molecule has 0 aliphatic heterocycles. The van der Waals surface area contributed by atoms with Gasteiger partial charge in [-0.3, -0.25) is 9.59 Å². The van der Waals surface area contributed by atoms with Crippen LogP contribution >= 0.6 is 11.8 Å². The minimum Gasteiger partial charge on any atom is -0.492 e. The second-order valence-electron chi connectivity index (χ2n) is 9.36. The van der Waals surface area contributed by atoms with E-state index in [9.17, 15) is 19.5 Å². The number of para-hydroxylation sites is 1. The Bertz CT molecular complexity index is 1520. The predicted molar refractivity (Wildman–Crippen MR) is 168 cm³/mol. The molecule has 0 spiro atoms. The standard InChI is InChI=1S/C34H32N2O5S/c1-3-32(37)36(26-15-19-28(42-2)20-16-26)21-22-41-27-17-13-24(14-18-27)23-31(34(39)40)35-30-12-8-7-11-29(30)33(38)25-9-5-4-6-10-25/h3-20,31,35H,1,21-23H2,2H3,(H,39,40). The molecule has 4 aromatic rings. The zero-order chi connectivity index (χ0) is 29.9. The van der Waals surface area contributed by atoms with Crippen LogP contribution in [-0.2, 0) is 16.0 Å². The van der Waals surface area contributed by atoms with Crippen LogP contribution in [0, 0.1) is 0 Å². The summed E-state index contributed by atoms with van der Waals surface area (Å²) in [5.41, 5.74) is 2.94. The monoisotopic (exact) mass is 580 g/mol. The van der Waals surface area contributed by atoms with Gasteiger partial charge in [-0.2, -0.15) is 0 Å². The minimum absolute atomic E-state index is 0.185. The molecule has 42 heavy (non-hydrogen) atoms. The SMILES string of the molecule is C=CC(=O)N(CCOc1ccc(CC(Nc2ccccc2C(=O)c2ccccc2)C(=O)O)cc1)c1ccc(SC)cc1. The Labute approximate surface area is 249 Å². The number of carboxylic acid groups (broad SMARTS) is 1. The Hall–Kier alpha value is -4.82. The van der Waals surface area contributed by atoms with Crippen molar-refractivity contribution in [2.45, 2.75) is 17.4 Å². The van der Waals surface area contributed by atoms with Crippen LogP contribution in [-0.4, -0.2) is 48.2 Å². The van der Waals surface area contributed by atoms with E-state index in [4.69, 9.17) is 4.74 Å². The van der Waals surface area contributed by atoms with Crippen LogP contribution in [0.2, 0.25) is 0 Å². The molecule has 1 unspecified atom stereocenters. The Morgan fingerprint density at radius 2 is 1.60 bits per heavy atom. The topological polar surface area (TPSA) is 95.9 Å². The molecule has 0 fully saturated rings. The van der Waals surface area contributed by atoms with Gasteiger partial charge in [-0.05, 0) is 66.4 Å². The second-order valence-corrected chi connectivity index (χ2v) is 10.2. The van der Waals surface area contributed by atoms with Gasteiger partial charge in [-0.1, -0.05) is 61.2 Å². The lowest BCUT2D eigenvalue weighted by molar-refractivity contribution is -0.137. The molecule has 2 N–H and O–H groups in total. The molecule has 0 saturated heterocycles. The van der Waals surface area contributed by atoms with Crippen molar-refractivity contribution < 1.29 is 24.2 Å². The number of rotatable bonds is 14. The largest absolute Gasteiger partial charge is 0.492 e. The molecule has 1 amide bonds. The molecule has 0 aliphatic rings. The number of anilines is 2. The predicted octanol–water partition coefficient (Wildman–Crippen LogP) is 6.35. The van der Waals surface area contributed by atoms with E-state index in [1.807, 2.05) is 48.7 Å². The van der Waals surface area contributed by atoms with Crippen molar-refractivity contribution in [3.05, 3.63) is 132 Å². The van der Waals surface area contributed by atoms with Gasteiger partial charge in [0.15, 0.2) is 5.78 Å². The van der Waals surface area contributed by atoms with Crippen molar-refractivity contribution in [3.63, 3.8) is 0 Å². The second kappa shape index (κ2) is 14.7. The highest BCUT2D eigenvalue weighted by atomic mass is 32.2. The van der Waals surface area contributed by atoms with Crippen molar-refractivity contribution in [1.29, 1.82) is 0 Å². The fourth-order valence-electron chi connectivity index (χ4n) is 4.39. The third-order valence-electron chi connectivity index (χ3n) is 6.61. The summed E-state index contributed by atoms with van der Waals surface area (Å²) in [6.07, 6.45) is 3.46. The summed E-state index contributed by atoms with van der Waals surface area (Å²) < 4.78 is 5.88. The smallest absolute Gasteiger partial charge is 0.326 e. The summed E-state index contributed by atoms with van der Waals surface area (Å²) in [6, 6.07) is 29.7. The lowest BCUT2D eigenvalue weighted by Gasteiger charge is -2.22. The van der Waals surface area contributed by atoms with Crippen molar-refractivity contribution >= 4 is 40.8 Å². The van der Waals surface area contributed by atoms with Gasteiger partial charge in [0.1, 0.15) is 18.4 Å². The summed E-state index contributed by atoms with van der Waals surface area (Å²) in [4.78, 5) is 40.4. The highest BCUT2D eigenvalue weighted by Gasteiger charge is 2.21. The number of thioether (sulfide) groups is 1. The van der Waals surface area contributed by atoms with Crippen LogP contribution in [0.25, 0.3) is 0 Å². The lowest BCUT2D eigenvalue weighted by Crippen LogP contribution is -2.33. The molecule has 0 aromatic heterocycles. The molecule has 214 valence electrons. The minimum atomic E-state index is -1.03. The van der Waals surface area contributed by atoms with E-state index in [1.165, 1.54) is 6.08 Å². The number of hydrogen-bond donors (Lipinski definition) is 2. The summed E-state index contributed by atoms with van der Waals surface area (Å²) >= 11 is 1.63. The summed E-state index contributed by atoms with van der Waals surface area (Å²) in [7, 11) is 0. The van der Waals surface area contributed by atoms with Gasteiger partial charge >= 0.3 is 5.97 Å². The first-order valence-electron chi connectivity index (χ1n) is 13.4. The first-order chi connectivity index (χ1) is 20.4. The first-order valence-corrected chi connectivity index (χ1v) is 14.6. The molecular formula is C34H32N2O5S. The third-order valence-corrected chi connectivity index (χ3v) is 7.35. The normalized spacial score (nSPS) is 11.3. The molecule has 0 heterocycles. The number of carbonyl (C=O) groups excluding carboxylic acids is 2. The molecule has 8 heteroatoms. The number of nitrogens with zero attached hydrogens (tertiary/aromatic N) is 1. The number of amides is 1. The Morgan fingerprint density at radius 1 is 0.929 bits per heavy atom. The van der Waals surface area contributed by atoms with Gasteiger partial charge in [0.25, 0.3) is 0 Å². The number of ether oxygens (including phenoxy) is 1. The molecule has 0 radical (unpaired) electrons. The van der Waals surface area contributed by atoms with E-state index in [1.54, 1.807) is 77.3 Å². The van der Waals surface area contributed by atoms with Crippen molar-refractivity contribution in [2.24, 2.45) is 0 Å². The first kappa shape index (κ1) is 30.1. The number of carbonyl (C=O) groups is 3. The van der Waals surface area contributed by atoms with Crippen LogP contribution in [0.15, 0.2) is 121 Å². The number of nitrogens with one attached hydrogen (secondary N) is 1. The maximum Gasteiger partial charge on any atom is 0.326 e. The molecule has 4 aromatic carbocycles. The lowest BCUT2D eigenvalue weighted by atomic mass is 10.00. The number of hydrogen-bond acceptors (Lipinski definition) is 6. The summed E-state index contributed by atoms with van der Waals surface area (Å²) in [5, 5.41) is 13.0. The van der Waals surface area contributed by atoms with Gasteiger partial charge in [-0.25, -0.2) is 4.79 Å². The fraction of sp³-hybridized carbons (Fsp3) is 0.147. The van der Waals surface area contributed by atoms with E-state index in [2.05, 4.69) is 11.9 Å². The van der Waals surface area contributed by atoms with Gasteiger partial charge in [0.05, 0.1) is 6.54 Å². The Morgan fingerprint density at radius 3 is 2.24 bits per heavy atom. The summed E-state index contributed by atoms with van der Waals surface area (Å²) in [5.74, 6) is -0.837. The molecule has 0 bridgehead atoms. The molecule has 0 aliphatic carbocycles. The van der Waals surface area contributed by atoms with E-state index < -0.39 is 12.0 Å². The highest BCUT2D eigenvalue weighted by Crippen LogP contribution is 2.23. The molecular weight excluding hydrogens is 548 g/mol. The molecule has 0 saturated carbocycles. The van der Waals surface area contributed by atoms with Crippen molar-refractivity contribution in [3.8, 4) is 5.75 Å². The van der Waals surface area contributed by atoms with Gasteiger partial charge in [0.2, 0.25) is 5.91 Å².